The number of nitrogens with one attached hydrogen (secondary N) is 1. The van der Waals surface area contributed by atoms with Crippen molar-refractivity contribution in [3.63, 3.8) is 0 Å². The number of aliphatic hydroxyl groups is 4. The Balaban J connectivity index is 0.00000111. The maximum atomic E-state index is 12.3. The minimum Gasteiger partial charge on any atom is -0.395 e. The fourth-order valence-electron chi connectivity index (χ4n) is 3.44. The van der Waals surface area contributed by atoms with Crippen LogP contribution in [-0.4, -0.2) is 88.5 Å². The number of hydrogen-bond acceptors (Lipinski definition) is 8. The molecule has 194 valence electrons. The molecule has 8 heteroatoms. The third-order valence-electron chi connectivity index (χ3n) is 5.34. The molecule has 0 heterocycles. The predicted octanol–water partition coefficient (Wildman–Crippen LogP) is 1.81. The van der Waals surface area contributed by atoms with Crippen LogP contribution in [0.1, 0.15) is 65.6 Å². The van der Waals surface area contributed by atoms with Crippen LogP contribution >= 0.6 is 0 Å². The number of carbonyl (C=O) groups excluding carboxylic acids is 2. The van der Waals surface area contributed by atoms with Crippen LogP contribution in [0.3, 0.4) is 0 Å². The molecule has 8 nitrogen and oxygen atoms in total. The third-order valence-corrected chi connectivity index (χ3v) is 5.34. The summed E-state index contributed by atoms with van der Waals surface area (Å²) in [5.41, 5.74) is -0.254. The number of Topliss-reactive ketones (excluding diaryl/α,β-unsaturated/α-hetero) is 2. The normalized spacial score (nSPS) is 11.9. The first-order chi connectivity index (χ1) is 16.3. The van der Waals surface area contributed by atoms with Crippen LogP contribution in [0.2, 0.25) is 0 Å². The molecule has 0 atom stereocenters. The molecule has 2 rings (SSSR count). The van der Waals surface area contributed by atoms with E-state index in [4.69, 9.17) is 5.11 Å². The summed E-state index contributed by atoms with van der Waals surface area (Å²) < 4.78 is 0. The van der Waals surface area contributed by atoms with Gasteiger partial charge < -0.3 is 25.7 Å². The number of rotatable bonds is 11. The first kappa shape index (κ1) is 30.6. The molecule has 0 radical (unpaired) electrons. The second kappa shape index (κ2) is 13.6. The lowest BCUT2D eigenvalue weighted by molar-refractivity contribution is 0.0487. The van der Waals surface area contributed by atoms with Crippen LogP contribution in [0.15, 0.2) is 48.5 Å². The van der Waals surface area contributed by atoms with Gasteiger partial charge in [0.15, 0.2) is 11.6 Å². The van der Waals surface area contributed by atoms with Gasteiger partial charge in [0.2, 0.25) is 0 Å². The number of nitrogens with zero attached hydrogens (tertiary/aromatic N) is 1. The summed E-state index contributed by atoms with van der Waals surface area (Å²) in [6.07, 6.45) is 0. The van der Waals surface area contributed by atoms with Crippen LogP contribution in [0.4, 0.5) is 0 Å². The highest BCUT2D eigenvalue weighted by Crippen LogP contribution is 2.29. The fourth-order valence-corrected chi connectivity index (χ4v) is 3.44. The lowest BCUT2D eigenvalue weighted by atomic mass is 9.91. The van der Waals surface area contributed by atoms with Gasteiger partial charge in [0.25, 0.3) is 0 Å². The molecular weight excluding hydrogens is 448 g/mol. The van der Waals surface area contributed by atoms with E-state index in [0.29, 0.717) is 24.2 Å². The first-order valence-corrected chi connectivity index (χ1v) is 11.6. The summed E-state index contributed by atoms with van der Waals surface area (Å²) in [4.78, 5) is 26.6. The van der Waals surface area contributed by atoms with E-state index in [-0.39, 0.29) is 30.8 Å². The van der Waals surface area contributed by atoms with Crippen molar-refractivity contribution < 1.29 is 30.0 Å². The summed E-state index contributed by atoms with van der Waals surface area (Å²) in [7, 11) is 3.68. The fraction of sp³-hybridized carbons (Fsp3) is 0.481. The molecule has 2 aromatic rings. The van der Waals surface area contributed by atoms with E-state index < -0.39 is 11.2 Å². The number of likely N-dealkylation sites (N-methyl/N-ethyl adjacent to an activating group) is 2. The lowest BCUT2D eigenvalue weighted by Gasteiger charge is -2.29. The van der Waals surface area contributed by atoms with Crippen molar-refractivity contribution in [1.82, 2.24) is 10.2 Å². The van der Waals surface area contributed by atoms with Gasteiger partial charge in [-0.15, -0.1) is 0 Å². The van der Waals surface area contributed by atoms with Gasteiger partial charge in [0.05, 0.1) is 19.3 Å². The van der Waals surface area contributed by atoms with Gasteiger partial charge in [0.1, 0.15) is 11.2 Å². The summed E-state index contributed by atoms with van der Waals surface area (Å²) in [6, 6.07) is 13.8. The molecule has 0 spiro atoms. The van der Waals surface area contributed by atoms with E-state index in [1.165, 1.54) is 27.7 Å². The topological polar surface area (TPSA) is 130 Å². The Morgan fingerprint density at radius 1 is 0.800 bits per heavy atom. The minimum atomic E-state index is -1.45. The molecule has 0 amide bonds. The maximum absolute atomic E-state index is 12.3. The van der Waals surface area contributed by atoms with Crippen molar-refractivity contribution in [3.05, 3.63) is 70.8 Å². The highest BCUT2D eigenvalue weighted by atomic mass is 16.3. The molecule has 0 unspecified atom stereocenters. The highest BCUT2D eigenvalue weighted by molar-refractivity contribution is 6.02. The zero-order valence-electron chi connectivity index (χ0n) is 21.6. The zero-order chi connectivity index (χ0) is 26.8. The van der Waals surface area contributed by atoms with Gasteiger partial charge in [0, 0.05) is 24.2 Å². The van der Waals surface area contributed by atoms with E-state index in [2.05, 4.69) is 5.32 Å². The number of carbonyl (C=O) groups is 2. The number of ketones is 2. The Bertz CT molecular complexity index is 857. The molecule has 0 saturated carbocycles. The Kier molecular flexibility index (Phi) is 11.9. The molecule has 0 aromatic heterocycles. The quantitative estimate of drug-likeness (QED) is 0.303. The average molecular weight is 489 g/mol. The lowest BCUT2D eigenvalue weighted by Crippen LogP contribution is -2.31. The number of benzene rings is 2. The second-order valence-corrected chi connectivity index (χ2v) is 9.45. The van der Waals surface area contributed by atoms with Crippen molar-refractivity contribution in [2.45, 2.75) is 44.9 Å². The van der Waals surface area contributed by atoms with E-state index in [1.807, 2.05) is 36.2 Å². The predicted molar refractivity (Wildman–Crippen MR) is 137 cm³/mol. The van der Waals surface area contributed by atoms with Gasteiger partial charge in [-0.2, -0.15) is 0 Å². The first-order valence-electron chi connectivity index (χ1n) is 11.6. The maximum Gasteiger partial charge on any atom is 0.193 e. The van der Waals surface area contributed by atoms with Gasteiger partial charge in [-0.25, -0.2) is 0 Å². The van der Waals surface area contributed by atoms with E-state index in [0.717, 1.165) is 11.1 Å². The Labute approximate surface area is 208 Å². The second-order valence-electron chi connectivity index (χ2n) is 9.45. The third kappa shape index (κ3) is 9.25. The summed E-state index contributed by atoms with van der Waals surface area (Å²) in [5, 5.41) is 40.1. The van der Waals surface area contributed by atoms with E-state index in [1.54, 1.807) is 31.3 Å². The molecule has 0 fully saturated rings. The SMILES string of the molecule is CN(CCO)C(c1ccc(C(=O)C(C)(C)O)cc1)c1ccc(C(=O)C(C)(C)O)cc1.CNCCO. The zero-order valence-corrected chi connectivity index (χ0v) is 21.6. The Morgan fingerprint density at radius 3 is 1.40 bits per heavy atom. The van der Waals surface area contributed by atoms with Crippen LogP contribution in [0, 0.1) is 0 Å². The molecule has 5 N–H and O–H groups in total. The summed E-state index contributed by atoms with van der Waals surface area (Å²) >= 11 is 0. The van der Waals surface area contributed by atoms with Crippen molar-refractivity contribution in [3.8, 4) is 0 Å². The molecular formula is C27H40N2O6. The van der Waals surface area contributed by atoms with Gasteiger partial charge in [-0.1, -0.05) is 48.5 Å². The van der Waals surface area contributed by atoms with E-state index in [9.17, 15) is 24.9 Å². The van der Waals surface area contributed by atoms with Gasteiger partial charge in [-0.3, -0.25) is 14.5 Å². The van der Waals surface area contributed by atoms with Gasteiger partial charge in [-0.05, 0) is 52.9 Å². The molecule has 0 bridgehead atoms. The summed E-state index contributed by atoms with van der Waals surface area (Å²) in [5.74, 6) is -0.715. The number of aliphatic hydroxyl groups excluding tert-OH is 2. The van der Waals surface area contributed by atoms with Crippen molar-refractivity contribution in [1.29, 1.82) is 0 Å². The van der Waals surface area contributed by atoms with E-state index >= 15 is 0 Å². The Hall–Kier alpha value is -2.46. The molecule has 35 heavy (non-hydrogen) atoms. The molecule has 0 aliphatic heterocycles. The standard InChI is InChI=1S/C24H31NO5.C3H9NO/c1-23(2,29)21(27)18-10-6-16(7-11-18)20(25(5)14-15-26)17-8-12-19(13-9-17)22(28)24(3,4)30;1-4-2-3-5/h6-13,20,26,29-30H,14-15H2,1-5H3;4-5H,2-3H2,1H3. The monoisotopic (exact) mass is 488 g/mol. The number of hydrogen-bond donors (Lipinski definition) is 5. The largest absolute Gasteiger partial charge is 0.395 e. The van der Waals surface area contributed by atoms with Gasteiger partial charge >= 0.3 is 0 Å². The van der Waals surface area contributed by atoms with Crippen LogP contribution in [-0.2, 0) is 0 Å². The molecule has 0 aliphatic carbocycles. The van der Waals surface area contributed by atoms with Crippen molar-refractivity contribution in [2.24, 2.45) is 0 Å². The molecule has 2 aromatic carbocycles. The smallest absolute Gasteiger partial charge is 0.193 e. The van der Waals surface area contributed by atoms with Crippen LogP contribution in [0.5, 0.6) is 0 Å². The minimum absolute atomic E-state index is 0.0163. The molecule has 0 saturated heterocycles. The Morgan fingerprint density at radius 2 is 1.17 bits per heavy atom. The highest BCUT2D eigenvalue weighted by Gasteiger charge is 2.27. The summed E-state index contributed by atoms with van der Waals surface area (Å²) in [6.45, 7) is 7.16. The van der Waals surface area contributed by atoms with Crippen molar-refractivity contribution in [2.75, 3.05) is 40.4 Å². The molecule has 0 aliphatic rings. The average Bonchev–Trinajstić information content (AvgIpc) is 2.79. The van der Waals surface area contributed by atoms with Crippen LogP contribution < -0.4 is 5.32 Å². The van der Waals surface area contributed by atoms with Crippen molar-refractivity contribution >= 4 is 11.6 Å². The van der Waals surface area contributed by atoms with Crippen LogP contribution in [0.25, 0.3) is 0 Å².